The van der Waals surface area contributed by atoms with Crippen molar-refractivity contribution in [3.05, 3.63) is 33.2 Å². The van der Waals surface area contributed by atoms with Crippen LogP contribution in [-0.2, 0) is 0 Å². The minimum absolute atomic E-state index is 0.246. The number of benzene rings is 1. The Hall–Kier alpha value is -0.380. The normalized spacial score (nSPS) is 11.3. The molecule has 0 saturated carbocycles. The van der Waals surface area contributed by atoms with Gasteiger partial charge in [-0.05, 0) is 34.1 Å². The Morgan fingerprint density at radius 2 is 2.27 bits per heavy atom. The number of hydrogen-bond acceptors (Lipinski definition) is 2. The quantitative estimate of drug-likeness (QED) is 0.831. The molecule has 0 aromatic heterocycles. The van der Waals surface area contributed by atoms with Gasteiger partial charge in [-0.3, -0.25) is 0 Å². The van der Waals surface area contributed by atoms with E-state index in [9.17, 15) is 0 Å². The van der Waals surface area contributed by atoms with Crippen molar-refractivity contribution in [3.63, 3.8) is 0 Å². The van der Waals surface area contributed by atoms with Crippen molar-refractivity contribution >= 4 is 39.1 Å². The van der Waals surface area contributed by atoms with Crippen LogP contribution in [0.3, 0.4) is 0 Å². The molecule has 0 atom stereocenters. The molecular formula is C10H9BrCl2O2. The summed E-state index contributed by atoms with van der Waals surface area (Å²) in [6, 6.07) is 5.41. The van der Waals surface area contributed by atoms with E-state index >= 15 is 0 Å². The fraction of sp³-hybridized carbons (Fsp3) is 0.200. The lowest BCUT2D eigenvalue weighted by atomic mass is 10.3. The largest absolute Gasteiger partial charge is 0.497 e. The van der Waals surface area contributed by atoms with E-state index in [-0.39, 0.29) is 6.61 Å². The minimum Gasteiger partial charge on any atom is -0.497 e. The Balaban J connectivity index is 2.70. The molecule has 0 heterocycles. The number of rotatable bonds is 4. The summed E-state index contributed by atoms with van der Waals surface area (Å²) in [6.45, 7) is 0.246. The van der Waals surface area contributed by atoms with Gasteiger partial charge in [-0.15, -0.1) is 0 Å². The molecule has 0 aliphatic rings. The molecule has 0 radical (unpaired) electrons. The monoisotopic (exact) mass is 310 g/mol. The Kier molecular flexibility index (Phi) is 5.29. The van der Waals surface area contributed by atoms with Gasteiger partial charge >= 0.3 is 0 Å². The lowest BCUT2D eigenvalue weighted by molar-refractivity contribution is 0.355. The molecule has 0 aliphatic heterocycles. The van der Waals surface area contributed by atoms with Crippen molar-refractivity contribution in [3.8, 4) is 11.5 Å². The lowest BCUT2D eigenvalue weighted by Gasteiger charge is -2.08. The van der Waals surface area contributed by atoms with Crippen LogP contribution in [0.2, 0.25) is 0 Å². The molecule has 0 saturated heterocycles. The summed E-state index contributed by atoms with van der Waals surface area (Å²) >= 11 is 14.4. The second-order valence-corrected chi connectivity index (χ2v) is 4.20. The van der Waals surface area contributed by atoms with E-state index < -0.39 is 0 Å². The number of ether oxygens (including phenoxy) is 2. The highest BCUT2D eigenvalue weighted by molar-refractivity contribution is 9.10. The first-order valence-electron chi connectivity index (χ1n) is 4.08. The van der Waals surface area contributed by atoms with Crippen LogP contribution in [-0.4, -0.2) is 13.7 Å². The van der Waals surface area contributed by atoms with Gasteiger partial charge in [0.15, 0.2) is 0 Å². The predicted octanol–water partition coefficient (Wildman–Crippen LogP) is 4.16. The van der Waals surface area contributed by atoms with Crippen LogP contribution in [0.25, 0.3) is 0 Å². The Morgan fingerprint density at radius 1 is 1.53 bits per heavy atom. The molecule has 0 unspecified atom stereocenters. The van der Waals surface area contributed by atoms with Crippen LogP contribution >= 0.6 is 39.1 Å². The predicted molar refractivity (Wildman–Crippen MR) is 66.0 cm³/mol. The molecule has 0 amide bonds. The molecule has 1 rings (SSSR count). The zero-order chi connectivity index (χ0) is 11.3. The molecule has 0 aliphatic carbocycles. The molecule has 0 fully saturated rings. The molecule has 1 aromatic rings. The van der Waals surface area contributed by atoms with E-state index in [1.807, 2.05) is 6.07 Å². The van der Waals surface area contributed by atoms with E-state index in [0.717, 1.165) is 10.2 Å². The van der Waals surface area contributed by atoms with Gasteiger partial charge in [-0.25, -0.2) is 0 Å². The van der Waals surface area contributed by atoms with E-state index in [2.05, 4.69) is 15.9 Å². The summed E-state index contributed by atoms with van der Waals surface area (Å²) in [4.78, 5) is 0. The highest BCUT2D eigenvalue weighted by Crippen LogP contribution is 2.29. The van der Waals surface area contributed by atoms with Crippen LogP contribution in [0.4, 0.5) is 0 Å². The van der Waals surface area contributed by atoms with Crippen LogP contribution in [0.1, 0.15) is 0 Å². The maximum Gasteiger partial charge on any atom is 0.134 e. The Morgan fingerprint density at radius 3 is 2.80 bits per heavy atom. The molecule has 1 aromatic carbocycles. The summed E-state index contributed by atoms with van der Waals surface area (Å²) < 4.78 is 11.3. The van der Waals surface area contributed by atoms with Gasteiger partial charge in [0.25, 0.3) is 0 Å². The summed E-state index contributed by atoms with van der Waals surface area (Å²) in [5.74, 6) is 1.45. The molecule has 0 spiro atoms. The van der Waals surface area contributed by atoms with Crippen molar-refractivity contribution in [1.29, 1.82) is 0 Å². The van der Waals surface area contributed by atoms with Gasteiger partial charge in [0.2, 0.25) is 0 Å². The van der Waals surface area contributed by atoms with Gasteiger partial charge in [0, 0.05) is 5.54 Å². The fourth-order valence-corrected chi connectivity index (χ4v) is 1.49. The standard InChI is InChI=1S/C10H9BrCl2O2/c1-14-8-2-3-10(9(11)4-8)15-6-7(13)5-12/h2-5H,6H2,1H3/b7-5-. The Bertz CT molecular complexity index is 366. The average molecular weight is 312 g/mol. The molecule has 15 heavy (non-hydrogen) atoms. The topological polar surface area (TPSA) is 18.5 Å². The third kappa shape index (κ3) is 3.93. The first kappa shape index (κ1) is 12.7. The van der Waals surface area contributed by atoms with Gasteiger partial charge in [0.05, 0.1) is 16.6 Å². The molecule has 82 valence electrons. The molecule has 0 N–H and O–H groups in total. The van der Waals surface area contributed by atoms with Crippen LogP contribution in [0.5, 0.6) is 11.5 Å². The third-order valence-electron chi connectivity index (χ3n) is 1.62. The Labute approximate surface area is 107 Å². The fourth-order valence-electron chi connectivity index (χ4n) is 0.904. The molecular weight excluding hydrogens is 303 g/mol. The zero-order valence-electron chi connectivity index (χ0n) is 7.97. The number of hydrogen-bond donors (Lipinski definition) is 0. The SMILES string of the molecule is COc1ccc(OC/C(Cl)=C/Cl)c(Br)c1. The van der Waals surface area contributed by atoms with Crippen molar-refractivity contribution in [2.45, 2.75) is 0 Å². The van der Waals surface area contributed by atoms with Crippen molar-refractivity contribution in [2.24, 2.45) is 0 Å². The highest BCUT2D eigenvalue weighted by atomic mass is 79.9. The van der Waals surface area contributed by atoms with Crippen LogP contribution < -0.4 is 9.47 Å². The maximum absolute atomic E-state index is 5.69. The number of methoxy groups -OCH3 is 1. The maximum atomic E-state index is 5.69. The van der Waals surface area contributed by atoms with Gasteiger partial charge in [-0.2, -0.15) is 0 Å². The minimum atomic E-state index is 0.246. The van der Waals surface area contributed by atoms with Gasteiger partial charge in [-0.1, -0.05) is 23.2 Å². The van der Waals surface area contributed by atoms with E-state index in [4.69, 9.17) is 32.7 Å². The smallest absolute Gasteiger partial charge is 0.134 e. The molecule has 5 heteroatoms. The van der Waals surface area contributed by atoms with E-state index in [0.29, 0.717) is 10.8 Å². The highest BCUT2D eigenvalue weighted by Gasteiger charge is 2.03. The summed E-state index contributed by atoms with van der Waals surface area (Å²) in [5.41, 5.74) is 1.28. The van der Waals surface area contributed by atoms with Gasteiger partial charge in [0.1, 0.15) is 18.1 Å². The van der Waals surface area contributed by atoms with Crippen molar-refractivity contribution in [1.82, 2.24) is 0 Å². The summed E-state index contributed by atoms with van der Waals surface area (Å²) in [5, 5.41) is 0.444. The summed E-state index contributed by atoms with van der Waals surface area (Å²) in [6.07, 6.45) is 0. The van der Waals surface area contributed by atoms with Gasteiger partial charge < -0.3 is 9.47 Å². The molecule has 0 bridgehead atoms. The lowest BCUT2D eigenvalue weighted by Crippen LogP contribution is -1.97. The summed E-state index contributed by atoms with van der Waals surface area (Å²) in [7, 11) is 1.61. The van der Waals surface area contributed by atoms with Crippen molar-refractivity contribution < 1.29 is 9.47 Å². The van der Waals surface area contributed by atoms with Crippen molar-refractivity contribution in [2.75, 3.05) is 13.7 Å². The second-order valence-electron chi connectivity index (χ2n) is 2.64. The van der Waals surface area contributed by atoms with E-state index in [1.54, 1.807) is 19.2 Å². The third-order valence-corrected chi connectivity index (χ3v) is 2.84. The van der Waals surface area contributed by atoms with Crippen LogP contribution in [0, 0.1) is 0 Å². The zero-order valence-corrected chi connectivity index (χ0v) is 11.1. The first-order valence-corrected chi connectivity index (χ1v) is 5.69. The van der Waals surface area contributed by atoms with E-state index in [1.165, 1.54) is 5.54 Å². The van der Waals surface area contributed by atoms with Crippen LogP contribution in [0.15, 0.2) is 33.2 Å². The first-order chi connectivity index (χ1) is 7.17. The molecule has 2 nitrogen and oxygen atoms in total. The number of halogens is 3. The second kappa shape index (κ2) is 6.26. The average Bonchev–Trinajstić information content (AvgIpc) is 2.26.